The Balaban J connectivity index is 2.52. The lowest BCUT2D eigenvalue weighted by molar-refractivity contribution is -0.112. The molecule has 0 radical (unpaired) electrons. The molecule has 1 aliphatic carbocycles. The van der Waals surface area contributed by atoms with Crippen LogP contribution < -0.4 is 11.1 Å². The molecule has 0 unspecified atom stereocenters. The highest BCUT2D eigenvalue weighted by atomic mass is 16.1. The Morgan fingerprint density at radius 3 is 2.09 bits per heavy atom. The molecule has 2 rings (SSSR count). The quantitative estimate of drug-likeness (QED) is 0.434. The molecule has 174 valence electrons. The molecule has 0 heterocycles. The Morgan fingerprint density at radius 1 is 1.03 bits per heavy atom. The number of aryl methyl sites for hydroxylation is 1. The van der Waals surface area contributed by atoms with Crippen molar-refractivity contribution in [3.63, 3.8) is 0 Å². The predicted molar refractivity (Wildman–Crippen MR) is 138 cm³/mol. The Labute approximate surface area is 195 Å². The van der Waals surface area contributed by atoms with Gasteiger partial charge in [0, 0.05) is 37.3 Å². The van der Waals surface area contributed by atoms with Crippen LogP contribution in [0, 0.1) is 6.92 Å². The molecule has 0 spiro atoms. The van der Waals surface area contributed by atoms with Gasteiger partial charge in [0.05, 0.1) is 5.57 Å². The van der Waals surface area contributed by atoms with Gasteiger partial charge in [0.1, 0.15) is 0 Å². The maximum absolute atomic E-state index is 13.6. The van der Waals surface area contributed by atoms with Crippen molar-refractivity contribution < 1.29 is 4.79 Å². The van der Waals surface area contributed by atoms with Gasteiger partial charge in [-0.1, -0.05) is 66.3 Å². The Morgan fingerprint density at radius 2 is 1.59 bits per heavy atom. The van der Waals surface area contributed by atoms with E-state index >= 15 is 0 Å². The molecular formula is C28H41N3O. The third kappa shape index (κ3) is 5.93. The lowest BCUT2D eigenvalue weighted by Crippen LogP contribution is -2.24. The standard InChI is InChI=1S/C28H41N3O/c1-18-15-25(23(28(6,7)8)16-22(18)27(3,4)5)30-26(32)21(17-31(9)10)19(2)20-13-11-12-14-24(20)29/h13-17H,2,11-12,29H2,1,3-10H3,(H,30,32)/b21-17-. The number of amides is 1. The van der Waals surface area contributed by atoms with E-state index in [1.807, 2.05) is 31.3 Å². The summed E-state index contributed by atoms with van der Waals surface area (Å²) in [6.07, 6.45) is 7.69. The number of allylic oxidation sites excluding steroid dienone is 3. The van der Waals surface area contributed by atoms with E-state index in [2.05, 4.69) is 78.6 Å². The Kier molecular flexibility index (Phi) is 7.49. The molecule has 1 amide bonds. The van der Waals surface area contributed by atoms with Crippen LogP contribution in [0.1, 0.15) is 71.1 Å². The van der Waals surface area contributed by atoms with Crippen LogP contribution in [0.5, 0.6) is 0 Å². The number of hydrogen-bond donors (Lipinski definition) is 2. The summed E-state index contributed by atoms with van der Waals surface area (Å²) in [5.41, 5.74) is 13.2. The Bertz CT molecular complexity index is 993. The first kappa shape index (κ1) is 25.5. The summed E-state index contributed by atoms with van der Waals surface area (Å²) < 4.78 is 0. The molecule has 1 aliphatic rings. The molecule has 4 nitrogen and oxygen atoms in total. The number of hydrogen-bond acceptors (Lipinski definition) is 3. The van der Waals surface area contributed by atoms with Gasteiger partial charge >= 0.3 is 0 Å². The first-order valence-electron chi connectivity index (χ1n) is 11.3. The number of nitrogens with zero attached hydrogens (tertiary/aromatic N) is 1. The summed E-state index contributed by atoms with van der Waals surface area (Å²) in [4.78, 5) is 15.4. The monoisotopic (exact) mass is 435 g/mol. The van der Waals surface area contributed by atoms with Crippen LogP contribution in [0.2, 0.25) is 0 Å². The van der Waals surface area contributed by atoms with E-state index in [1.165, 1.54) is 11.1 Å². The van der Waals surface area contributed by atoms with Gasteiger partial charge < -0.3 is 16.0 Å². The first-order valence-corrected chi connectivity index (χ1v) is 11.3. The van der Waals surface area contributed by atoms with E-state index in [4.69, 9.17) is 5.73 Å². The van der Waals surface area contributed by atoms with Gasteiger partial charge in [-0.15, -0.1) is 0 Å². The first-order chi connectivity index (χ1) is 14.6. The number of nitrogens with two attached hydrogens (primary N) is 1. The zero-order chi connectivity index (χ0) is 24.4. The molecule has 0 aromatic heterocycles. The summed E-state index contributed by atoms with van der Waals surface area (Å²) in [6.45, 7) is 19.5. The van der Waals surface area contributed by atoms with Crippen LogP contribution in [0.3, 0.4) is 0 Å². The lowest BCUT2D eigenvalue weighted by Gasteiger charge is -2.29. The summed E-state index contributed by atoms with van der Waals surface area (Å²) in [5, 5.41) is 3.19. The van der Waals surface area contributed by atoms with Gasteiger partial charge in [-0.25, -0.2) is 0 Å². The van der Waals surface area contributed by atoms with Crippen molar-refractivity contribution >= 4 is 11.6 Å². The number of benzene rings is 1. The van der Waals surface area contributed by atoms with Crippen LogP contribution in [0.4, 0.5) is 5.69 Å². The van der Waals surface area contributed by atoms with Crippen LogP contribution >= 0.6 is 0 Å². The van der Waals surface area contributed by atoms with Gasteiger partial charge in [0.2, 0.25) is 0 Å². The number of carbonyl (C=O) groups excluding carboxylic acids is 1. The van der Waals surface area contributed by atoms with Gasteiger partial charge in [-0.3, -0.25) is 4.79 Å². The molecular weight excluding hydrogens is 394 g/mol. The van der Waals surface area contributed by atoms with E-state index in [-0.39, 0.29) is 16.7 Å². The highest BCUT2D eigenvalue weighted by Crippen LogP contribution is 2.37. The fourth-order valence-corrected chi connectivity index (χ4v) is 4.10. The molecule has 3 N–H and O–H groups in total. The average Bonchev–Trinajstić information content (AvgIpc) is 2.63. The van der Waals surface area contributed by atoms with Crippen molar-refractivity contribution in [1.82, 2.24) is 4.90 Å². The van der Waals surface area contributed by atoms with Crippen molar-refractivity contribution in [2.24, 2.45) is 5.73 Å². The molecule has 0 aliphatic heterocycles. The van der Waals surface area contributed by atoms with Crippen molar-refractivity contribution in [2.45, 2.75) is 72.1 Å². The Hall–Kier alpha value is -2.75. The van der Waals surface area contributed by atoms with E-state index in [9.17, 15) is 4.79 Å². The number of nitrogens with one attached hydrogen (secondary N) is 1. The lowest BCUT2D eigenvalue weighted by atomic mass is 9.78. The number of carbonyl (C=O) groups is 1. The molecule has 1 aromatic carbocycles. The smallest absolute Gasteiger partial charge is 0.257 e. The van der Waals surface area contributed by atoms with Gasteiger partial charge in [-0.05, 0) is 58.9 Å². The van der Waals surface area contributed by atoms with Crippen molar-refractivity contribution in [3.8, 4) is 0 Å². The maximum atomic E-state index is 13.6. The second kappa shape index (κ2) is 9.40. The van der Waals surface area contributed by atoms with E-state index in [1.54, 1.807) is 0 Å². The summed E-state index contributed by atoms with van der Waals surface area (Å²) in [6, 6.07) is 4.35. The molecule has 32 heavy (non-hydrogen) atoms. The molecule has 0 fully saturated rings. The van der Waals surface area contributed by atoms with Gasteiger partial charge in [0.25, 0.3) is 5.91 Å². The maximum Gasteiger partial charge on any atom is 0.257 e. The third-order valence-electron chi connectivity index (χ3n) is 5.70. The highest BCUT2D eigenvalue weighted by Gasteiger charge is 2.26. The van der Waals surface area contributed by atoms with E-state index < -0.39 is 0 Å². The number of anilines is 1. The summed E-state index contributed by atoms with van der Waals surface area (Å²) >= 11 is 0. The van der Waals surface area contributed by atoms with Crippen molar-refractivity contribution in [2.75, 3.05) is 19.4 Å². The number of rotatable bonds is 5. The van der Waals surface area contributed by atoms with Crippen LogP contribution in [-0.2, 0) is 15.6 Å². The zero-order valence-corrected chi connectivity index (χ0v) is 21.4. The molecule has 0 bridgehead atoms. The minimum Gasteiger partial charge on any atom is -0.398 e. The van der Waals surface area contributed by atoms with Crippen LogP contribution in [0.15, 0.2) is 59.5 Å². The topological polar surface area (TPSA) is 58.4 Å². The molecule has 0 saturated carbocycles. The van der Waals surface area contributed by atoms with Gasteiger partial charge in [-0.2, -0.15) is 0 Å². The average molecular weight is 436 g/mol. The van der Waals surface area contributed by atoms with Crippen LogP contribution in [0.25, 0.3) is 0 Å². The van der Waals surface area contributed by atoms with E-state index in [0.29, 0.717) is 16.8 Å². The third-order valence-corrected chi connectivity index (χ3v) is 5.70. The summed E-state index contributed by atoms with van der Waals surface area (Å²) in [7, 11) is 3.80. The van der Waals surface area contributed by atoms with Gasteiger partial charge in [0.15, 0.2) is 0 Å². The highest BCUT2D eigenvalue weighted by molar-refractivity contribution is 6.08. The molecule has 0 atom stereocenters. The largest absolute Gasteiger partial charge is 0.398 e. The molecule has 0 saturated heterocycles. The van der Waals surface area contributed by atoms with Crippen molar-refractivity contribution in [1.29, 1.82) is 0 Å². The minimum atomic E-state index is -0.184. The van der Waals surface area contributed by atoms with Crippen molar-refractivity contribution in [3.05, 3.63) is 76.2 Å². The fraction of sp³-hybridized carbons (Fsp3) is 0.464. The fourth-order valence-electron chi connectivity index (χ4n) is 4.10. The van der Waals surface area contributed by atoms with E-state index in [0.717, 1.165) is 29.7 Å². The normalized spacial score (nSPS) is 15.1. The second-order valence-electron chi connectivity index (χ2n) is 11.0. The van der Waals surface area contributed by atoms with Crippen LogP contribution in [-0.4, -0.2) is 24.9 Å². The minimum absolute atomic E-state index is 0.0220. The molecule has 1 aromatic rings. The SMILES string of the molecule is C=C(C1=CCCC=C1N)/C(=C/N(C)C)C(=O)Nc1cc(C)c(C(C)(C)C)cc1C(C)(C)C. The molecule has 4 heteroatoms. The predicted octanol–water partition coefficient (Wildman–Crippen LogP) is 6.09. The zero-order valence-electron chi connectivity index (χ0n) is 21.4. The summed E-state index contributed by atoms with van der Waals surface area (Å²) in [5.74, 6) is -0.184. The second-order valence-corrected chi connectivity index (χ2v) is 11.0.